The zero-order valence-electron chi connectivity index (χ0n) is 13.9. The molecule has 2 aliphatic rings. The normalized spacial score (nSPS) is 25.9. The molecule has 24 heavy (non-hydrogen) atoms. The van der Waals surface area contributed by atoms with Crippen molar-refractivity contribution in [2.45, 2.75) is 43.2 Å². The van der Waals surface area contributed by atoms with Crippen LogP contribution >= 0.6 is 0 Å². The molecule has 0 aliphatic carbocycles. The molecule has 0 spiro atoms. The second-order valence-corrected chi connectivity index (χ2v) is 8.64. The standard InChI is InChI=1S/C18H23N3O2S/c1-2-15-12-20-10-4-6-16(20)13-21(15)24(22,23)18-7-3-5-14-11-19-9-8-17(14)18/h3,5,7-9,11,15-16H,2,4,6,10,12-13H2,1H3/t15-,16+/m1/s1. The number of pyridine rings is 1. The molecular formula is C18H23N3O2S. The van der Waals surface area contributed by atoms with Crippen molar-refractivity contribution in [2.75, 3.05) is 19.6 Å². The van der Waals surface area contributed by atoms with Crippen LogP contribution in [0.2, 0.25) is 0 Å². The van der Waals surface area contributed by atoms with E-state index in [9.17, 15) is 8.42 Å². The third-order valence-corrected chi connectivity index (χ3v) is 7.42. The molecule has 4 rings (SSSR count). The average molecular weight is 345 g/mol. The van der Waals surface area contributed by atoms with Gasteiger partial charge < -0.3 is 0 Å². The second-order valence-electron chi connectivity index (χ2n) is 6.78. The van der Waals surface area contributed by atoms with Gasteiger partial charge in [0.2, 0.25) is 10.0 Å². The summed E-state index contributed by atoms with van der Waals surface area (Å²) < 4.78 is 28.7. The summed E-state index contributed by atoms with van der Waals surface area (Å²) in [4.78, 5) is 6.98. The number of benzene rings is 1. The van der Waals surface area contributed by atoms with Crippen molar-refractivity contribution in [3.8, 4) is 0 Å². The van der Waals surface area contributed by atoms with Crippen molar-refractivity contribution in [1.29, 1.82) is 0 Å². The summed E-state index contributed by atoms with van der Waals surface area (Å²) in [5.74, 6) is 0. The highest BCUT2D eigenvalue weighted by molar-refractivity contribution is 7.89. The zero-order chi connectivity index (χ0) is 16.7. The van der Waals surface area contributed by atoms with Gasteiger partial charge in [-0.1, -0.05) is 19.1 Å². The monoisotopic (exact) mass is 345 g/mol. The minimum atomic E-state index is -3.51. The van der Waals surface area contributed by atoms with Gasteiger partial charge in [-0.05, 0) is 37.9 Å². The van der Waals surface area contributed by atoms with Gasteiger partial charge in [0, 0.05) is 48.3 Å². The lowest BCUT2D eigenvalue weighted by atomic mass is 10.1. The maximum absolute atomic E-state index is 13.4. The number of fused-ring (bicyclic) bond motifs is 2. The van der Waals surface area contributed by atoms with Gasteiger partial charge in [0.25, 0.3) is 0 Å². The highest BCUT2D eigenvalue weighted by Gasteiger charge is 2.41. The van der Waals surface area contributed by atoms with E-state index in [1.807, 2.05) is 12.1 Å². The van der Waals surface area contributed by atoms with E-state index in [-0.39, 0.29) is 6.04 Å². The van der Waals surface area contributed by atoms with E-state index in [1.54, 1.807) is 28.8 Å². The van der Waals surface area contributed by atoms with Crippen LogP contribution in [0.25, 0.3) is 10.8 Å². The summed E-state index contributed by atoms with van der Waals surface area (Å²) in [6.07, 6.45) is 6.50. The first kappa shape index (κ1) is 16.0. The lowest BCUT2D eigenvalue weighted by Crippen LogP contribution is -2.57. The number of piperazine rings is 1. The van der Waals surface area contributed by atoms with Crippen molar-refractivity contribution in [3.63, 3.8) is 0 Å². The van der Waals surface area contributed by atoms with Crippen molar-refractivity contribution in [3.05, 3.63) is 36.7 Å². The predicted molar refractivity (Wildman–Crippen MR) is 94.3 cm³/mol. The zero-order valence-corrected chi connectivity index (χ0v) is 14.7. The third-order valence-electron chi connectivity index (χ3n) is 5.44. The van der Waals surface area contributed by atoms with Gasteiger partial charge >= 0.3 is 0 Å². The SMILES string of the molecule is CC[C@@H]1CN2CCC[C@H]2CN1S(=O)(=O)c1cccc2cnccc12. The molecule has 1 aromatic heterocycles. The average Bonchev–Trinajstić information content (AvgIpc) is 3.07. The molecular weight excluding hydrogens is 322 g/mol. The molecule has 0 bridgehead atoms. The van der Waals surface area contributed by atoms with Gasteiger partial charge in [0.1, 0.15) is 0 Å². The van der Waals surface area contributed by atoms with Gasteiger partial charge in [0.15, 0.2) is 0 Å². The largest absolute Gasteiger partial charge is 0.297 e. The lowest BCUT2D eigenvalue weighted by Gasteiger charge is -2.42. The second kappa shape index (κ2) is 6.10. The predicted octanol–water partition coefficient (Wildman–Crippen LogP) is 2.48. The molecule has 0 radical (unpaired) electrons. The van der Waals surface area contributed by atoms with Crippen LogP contribution in [0.5, 0.6) is 0 Å². The molecule has 2 aliphatic heterocycles. The molecule has 0 unspecified atom stereocenters. The molecule has 1 aromatic carbocycles. The van der Waals surface area contributed by atoms with Crippen LogP contribution in [-0.2, 0) is 10.0 Å². The number of aromatic nitrogens is 1. The number of sulfonamides is 1. The minimum Gasteiger partial charge on any atom is -0.297 e. The van der Waals surface area contributed by atoms with E-state index in [1.165, 1.54) is 6.42 Å². The quantitative estimate of drug-likeness (QED) is 0.858. The Labute approximate surface area is 143 Å². The Balaban J connectivity index is 1.78. The van der Waals surface area contributed by atoms with E-state index < -0.39 is 10.0 Å². The van der Waals surface area contributed by atoms with E-state index in [2.05, 4.69) is 16.8 Å². The fourth-order valence-electron chi connectivity index (χ4n) is 4.13. The van der Waals surface area contributed by atoms with Crippen molar-refractivity contribution < 1.29 is 8.42 Å². The van der Waals surface area contributed by atoms with E-state index in [0.717, 1.165) is 36.7 Å². The Hall–Kier alpha value is -1.50. The minimum absolute atomic E-state index is 0.0569. The number of rotatable bonds is 3. The molecule has 3 heterocycles. The van der Waals surface area contributed by atoms with Gasteiger partial charge in [-0.2, -0.15) is 4.31 Å². The fourth-order valence-corrected chi connectivity index (χ4v) is 6.08. The number of nitrogens with zero attached hydrogens (tertiary/aromatic N) is 3. The maximum Gasteiger partial charge on any atom is 0.244 e. The summed E-state index contributed by atoms with van der Waals surface area (Å²) >= 11 is 0. The molecule has 0 N–H and O–H groups in total. The molecule has 128 valence electrons. The first-order valence-corrected chi connectivity index (χ1v) is 10.1. The highest BCUT2D eigenvalue weighted by Crippen LogP contribution is 2.32. The molecule has 2 atom stereocenters. The van der Waals surface area contributed by atoms with Gasteiger partial charge in [-0.25, -0.2) is 8.42 Å². The number of hydrogen-bond acceptors (Lipinski definition) is 4. The van der Waals surface area contributed by atoms with Crippen LogP contribution in [0.3, 0.4) is 0 Å². The van der Waals surface area contributed by atoms with Crippen molar-refractivity contribution >= 4 is 20.8 Å². The van der Waals surface area contributed by atoms with Gasteiger partial charge in [-0.15, -0.1) is 0 Å². The smallest absolute Gasteiger partial charge is 0.244 e. The molecule has 2 saturated heterocycles. The van der Waals surface area contributed by atoms with E-state index >= 15 is 0 Å². The summed E-state index contributed by atoms with van der Waals surface area (Å²) in [6, 6.07) is 7.68. The third kappa shape index (κ3) is 2.53. The molecule has 5 nitrogen and oxygen atoms in total. The summed E-state index contributed by atoms with van der Waals surface area (Å²) in [5.41, 5.74) is 0. The summed E-state index contributed by atoms with van der Waals surface area (Å²) in [6.45, 7) is 4.65. The van der Waals surface area contributed by atoms with Crippen molar-refractivity contribution in [1.82, 2.24) is 14.2 Å². The van der Waals surface area contributed by atoms with Crippen molar-refractivity contribution in [2.24, 2.45) is 0 Å². The van der Waals surface area contributed by atoms with Crippen LogP contribution in [-0.4, -0.2) is 54.3 Å². The first-order valence-electron chi connectivity index (χ1n) is 8.70. The fraction of sp³-hybridized carbons (Fsp3) is 0.500. The van der Waals surface area contributed by atoms with Crippen LogP contribution < -0.4 is 0 Å². The van der Waals surface area contributed by atoms with Gasteiger partial charge in [-0.3, -0.25) is 9.88 Å². The summed E-state index contributed by atoms with van der Waals surface area (Å²) in [7, 11) is -3.51. The molecule has 2 fully saturated rings. The Morgan fingerprint density at radius 2 is 2.12 bits per heavy atom. The number of hydrogen-bond donors (Lipinski definition) is 0. The lowest BCUT2D eigenvalue weighted by molar-refractivity contribution is 0.106. The van der Waals surface area contributed by atoms with E-state index in [4.69, 9.17) is 0 Å². The molecule has 2 aromatic rings. The van der Waals surface area contributed by atoms with Crippen LogP contribution in [0.15, 0.2) is 41.6 Å². The Morgan fingerprint density at radius 3 is 2.96 bits per heavy atom. The van der Waals surface area contributed by atoms with Crippen LogP contribution in [0.1, 0.15) is 26.2 Å². The molecule has 0 saturated carbocycles. The molecule has 0 amide bonds. The highest BCUT2D eigenvalue weighted by atomic mass is 32.2. The Kier molecular flexibility index (Phi) is 4.06. The topological polar surface area (TPSA) is 53.5 Å². The Bertz CT molecular complexity index is 847. The van der Waals surface area contributed by atoms with Crippen LogP contribution in [0.4, 0.5) is 0 Å². The molecule has 6 heteroatoms. The van der Waals surface area contributed by atoms with Gasteiger partial charge in [0.05, 0.1) is 4.90 Å². The first-order chi connectivity index (χ1) is 11.6. The van der Waals surface area contributed by atoms with Crippen LogP contribution in [0, 0.1) is 0 Å². The summed E-state index contributed by atoms with van der Waals surface area (Å²) in [5, 5.41) is 1.63. The Morgan fingerprint density at radius 1 is 1.25 bits per heavy atom. The maximum atomic E-state index is 13.4. The van der Waals surface area contributed by atoms with E-state index in [0.29, 0.717) is 17.5 Å².